The molecule has 0 aliphatic heterocycles. The average molecular weight is 239 g/mol. The van der Waals surface area contributed by atoms with Crippen LogP contribution in [-0.4, -0.2) is 0 Å². The van der Waals surface area contributed by atoms with Gasteiger partial charge in [0.25, 0.3) is 0 Å². The zero-order valence-corrected chi connectivity index (χ0v) is 11.6. The molecule has 94 valence electrons. The van der Waals surface area contributed by atoms with Gasteiger partial charge >= 0.3 is 0 Å². The maximum Gasteiger partial charge on any atom is 0.0266 e. The Morgan fingerprint density at radius 2 is 1.56 bits per heavy atom. The number of benzene rings is 2. The van der Waals surface area contributed by atoms with Crippen molar-refractivity contribution in [1.82, 2.24) is 0 Å². The Labute approximate surface area is 110 Å². The van der Waals surface area contributed by atoms with Crippen molar-refractivity contribution in [3.05, 3.63) is 58.7 Å². The van der Waals surface area contributed by atoms with Gasteiger partial charge in [0.1, 0.15) is 0 Å². The van der Waals surface area contributed by atoms with Gasteiger partial charge in [-0.15, -0.1) is 0 Å². The first-order chi connectivity index (χ1) is 8.49. The molecule has 1 unspecified atom stereocenters. The molecule has 2 aromatic rings. The zero-order chi connectivity index (χ0) is 13.3. The summed E-state index contributed by atoms with van der Waals surface area (Å²) >= 11 is 0. The molecule has 0 aliphatic carbocycles. The Bertz CT molecular complexity index is 568. The average Bonchev–Trinajstić information content (AvgIpc) is 2.34. The van der Waals surface area contributed by atoms with E-state index in [4.69, 9.17) is 5.73 Å². The Hall–Kier alpha value is -1.60. The van der Waals surface area contributed by atoms with Gasteiger partial charge in [-0.3, -0.25) is 0 Å². The predicted molar refractivity (Wildman–Crippen MR) is 78.7 cm³/mol. The monoisotopic (exact) mass is 239 g/mol. The maximum atomic E-state index is 5.95. The fraction of sp³-hybridized carbons (Fsp3) is 0.294. The molecule has 0 saturated carbocycles. The van der Waals surface area contributed by atoms with E-state index < -0.39 is 0 Å². The molecule has 2 N–H and O–H groups in total. The second kappa shape index (κ2) is 4.95. The number of hydrogen-bond donors (Lipinski definition) is 1. The summed E-state index contributed by atoms with van der Waals surface area (Å²) in [6.45, 7) is 8.50. The number of rotatable bonds is 2. The first kappa shape index (κ1) is 12.8. The van der Waals surface area contributed by atoms with Gasteiger partial charge in [0, 0.05) is 6.04 Å². The molecule has 1 heteroatoms. The van der Waals surface area contributed by atoms with Crippen LogP contribution < -0.4 is 5.73 Å². The van der Waals surface area contributed by atoms with Gasteiger partial charge in [-0.2, -0.15) is 0 Å². The second-order valence-corrected chi connectivity index (χ2v) is 5.17. The lowest BCUT2D eigenvalue weighted by molar-refractivity contribution is 0.818. The van der Waals surface area contributed by atoms with E-state index in [9.17, 15) is 0 Å². The number of nitrogens with two attached hydrogens (primary N) is 1. The normalized spacial score (nSPS) is 12.5. The highest BCUT2D eigenvalue weighted by molar-refractivity contribution is 5.69. The Balaban J connectivity index is 2.55. The standard InChI is InChI=1S/C17H21N/c1-11-8-13(3)17(9-12(11)2)16-7-5-6-15(10-16)14(4)18/h5-10,14H,18H2,1-4H3. The van der Waals surface area contributed by atoms with Crippen molar-refractivity contribution in [3.8, 4) is 11.1 Å². The van der Waals surface area contributed by atoms with Crippen LogP contribution in [0.25, 0.3) is 11.1 Å². The van der Waals surface area contributed by atoms with E-state index in [0.717, 1.165) is 0 Å². The quantitative estimate of drug-likeness (QED) is 0.830. The fourth-order valence-electron chi connectivity index (χ4n) is 2.26. The summed E-state index contributed by atoms with van der Waals surface area (Å²) < 4.78 is 0. The third-order valence-electron chi connectivity index (χ3n) is 3.56. The summed E-state index contributed by atoms with van der Waals surface area (Å²) in [6, 6.07) is 13.1. The van der Waals surface area contributed by atoms with Crippen LogP contribution in [-0.2, 0) is 0 Å². The maximum absolute atomic E-state index is 5.95. The minimum Gasteiger partial charge on any atom is -0.324 e. The molecule has 0 aromatic heterocycles. The Morgan fingerprint density at radius 3 is 2.22 bits per heavy atom. The van der Waals surface area contributed by atoms with E-state index in [2.05, 4.69) is 57.2 Å². The van der Waals surface area contributed by atoms with Crippen molar-refractivity contribution in [2.75, 3.05) is 0 Å². The third-order valence-corrected chi connectivity index (χ3v) is 3.56. The molecule has 2 rings (SSSR count). The molecule has 0 aliphatic rings. The molecule has 1 atom stereocenters. The molecule has 18 heavy (non-hydrogen) atoms. The Kier molecular flexibility index (Phi) is 3.53. The van der Waals surface area contributed by atoms with Crippen LogP contribution >= 0.6 is 0 Å². The molecule has 1 nitrogen and oxygen atoms in total. The van der Waals surface area contributed by atoms with Crippen LogP contribution in [0.15, 0.2) is 36.4 Å². The summed E-state index contributed by atoms with van der Waals surface area (Å²) in [6.07, 6.45) is 0. The van der Waals surface area contributed by atoms with Gasteiger partial charge in [-0.25, -0.2) is 0 Å². The molecule has 0 spiro atoms. The highest BCUT2D eigenvalue weighted by Gasteiger charge is 2.06. The smallest absolute Gasteiger partial charge is 0.0266 e. The van der Waals surface area contributed by atoms with Crippen molar-refractivity contribution < 1.29 is 0 Å². The van der Waals surface area contributed by atoms with Crippen LogP contribution in [0.3, 0.4) is 0 Å². The molecule has 0 amide bonds. The van der Waals surface area contributed by atoms with E-state index in [1.807, 2.05) is 6.92 Å². The van der Waals surface area contributed by atoms with Crippen LogP contribution in [0.2, 0.25) is 0 Å². The van der Waals surface area contributed by atoms with Gasteiger partial charge in [0.15, 0.2) is 0 Å². The van der Waals surface area contributed by atoms with E-state index in [1.54, 1.807) is 0 Å². The lowest BCUT2D eigenvalue weighted by atomic mass is 9.94. The van der Waals surface area contributed by atoms with Crippen molar-refractivity contribution in [2.45, 2.75) is 33.7 Å². The van der Waals surface area contributed by atoms with Crippen molar-refractivity contribution in [3.63, 3.8) is 0 Å². The van der Waals surface area contributed by atoms with E-state index in [-0.39, 0.29) is 6.04 Å². The minimum atomic E-state index is 0.0804. The van der Waals surface area contributed by atoms with Crippen LogP contribution in [0.4, 0.5) is 0 Å². The number of hydrogen-bond acceptors (Lipinski definition) is 1. The first-order valence-corrected chi connectivity index (χ1v) is 6.43. The fourth-order valence-corrected chi connectivity index (χ4v) is 2.26. The van der Waals surface area contributed by atoms with Crippen LogP contribution in [0.5, 0.6) is 0 Å². The SMILES string of the molecule is Cc1cc(C)c(-c2cccc(C(C)N)c2)cc1C. The predicted octanol–water partition coefficient (Wildman–Crippen LogP) is 4.30. The van der Waals surface area contributed by atoms with E-state index >= 15 is 0 Å². The van der Waals surface area contributed by atoms with Gasteiger partial charge in [-0.1, -0.05) is 30.3 Å². The largest absolute Gasteiger partial charge is 0.324 e. The van der Waals surface area contributed by atoms with Gasteiger partial charge < -0.3 is 5.73 Å². The summed E-state index contributed by atoms with van der Waals surface area (Å²) in [5.74, 6) is 0. The van der Waals surface area contributed by atoms with Gasteiger partial charge in [0.05, 0.1) is 0 Å². The summed E-state index contributed by atoms with van der Waals surface area (Å²) in [7, 11) is 0. The summed E-state index contributed by atoms with van der Waals surface area (Å²) in [4.78, 5) is 0. The molecular formula is C17H21N. The molecule has 0 fully saturated rings. The van der Waals surface area contributed by atoms with E-state index in [1.165, 1.54) is 33.4 Å². The molecule has 0 heterocycles. The zero-order valence-electron chi connectivity index (χ0n) is 11.6. The van der Waals surface area contributed by atoms with Crippen LogP contribution in [0, 0.1) is 20.8 Å². The topological polar surface area (TPSA) is 26.0 Å². The molecule has 0 saturated heterocycles. The highest BCUT2D eigenvalue weighted by Crippen LogP contribution is 2.28. The molecule has 0 radical (unpaired) electrons. The van der Waals surface area contributed by atoms with Crippen molar-refractivity contribution >= 4 is 0 Å². The van der Waals surface area contributed by atoms with Gasteiger partial charge in [0.2, 0.25) is 0 Å². The lowest BCUT2D eigenvalue weighted by Gasteiger charge is -2.12. The minimum absolute atomic E-state index is 0.0804. The van der Waals surface area contributed by atoms with Crippen LogP contribution in [0.1, 0.15) is 35.2 Å². The molecular weight excluding hydrogens is 218 g/mol. The number of aryl methyl sites for hydroxylation is 3. The Morgan fingerprint density at radius 1 is 0.889 bits per heavy atom. The summed E-state index contributed by atoms with van der Waals surface area (Å²) in [5.41, 5.74) is 13.7. The molecule has 2 aromatic carbocycles. The van der Waals surface area contributed by atoms with Crippen molar-refractivity contribution in [2.24, 2.45) is 5.73 Å². The van der Waals surface area contributed by atoms with Gasteiger partial charge in [-0.05, 0) is 67.1 Å². The lowest BCUT2D eigenvalue weighted by Crippen LogP contribution is -2.04. The highest BCUT2D eigenvalue weighted by atomic mass is 14.6. The van der Waals surface area contributed by atoms with E-state index in [0.29, 0.717) is 0 Å². The van der Waals surface area contributed by atoms with Crippen molar-refractivity contribution in [1.29, 1.82) is 0 Å². The summed E-state index contributed by atoms with van der Waals surface area (Å²) in [5, 5.41) is 0. The first-order valence-electron chi connectivity index (χ1n) is 6.43. The third kappa shape index (κ3) is 2.46. The second-order valence-electron chi connectivity index (χ2n) is 5.17. The molecule has 0 bridgehead atoms.